The van der Waals surface area contributed by atoms with Gasteiger partial charge >= 0.3 is 0 Å². The Labute approximate surface area is 170 Å². The van der Waals surface area contributed by atoms with E-state index < -0.39 is 15.9 Å². The number of ether oxygens (including phenoxy) is 1. The average molecular weight is 410 g/mol. The molecule has 2 N–H and O–H groups in total. The summed E-state index contributed by atoms with van der Waals surface area (Å²) in [6.07, 6.45) is 0. The minimum atomic E-state index is -3.86. The first kappa shape index (κ1) is 20.4. The summed E-state index contributed by atoms with van der Waals surface area (Å²) in [6.45, 7) is 3.56. The maximum absolute atomic E-state index is 12.9. The summed E-state index contributed by atoms with van der Waals surface area (Å²) in [7, 11) is -2.35. The van der Waals surface area contributed by atoms with Crippen LogP contribution in [0.2, 0.25) is 0 Å². The summed E-state index contributed by atoms with van der Waals surface area (Å²) < 4.78 is 33.7. The number of sulfonamides is 1. The first-order chi connectivity index (χ1) is 13.8. The number of aryl methyl sites for hydroxylation is 2. The van der Waals surface area contributed by atoms with Crippen molar-refractivity contribution in [3.63, 3.8) is 0 Å². The van der Waals surface area contributed by atoms with Crippen molar-refractivity contribution in [2.24, 2.45) is 0 Å². The zero-order valence-corrected chi connectivity index (χ0v) is 17.2. The molecule has 3 rings (SSSR count). The Bertz CT molecular complexity index is 1160. The Hall–Kier alpha value is -3.32. The summed E-state index contributed by atoms with van der Waals surface area (Å²) in [5, 5.41) is 2.77. The predicted molar refractivity (Wildman–Crippen MR) is 114 cm³/mol. The van der Waals surface area contributed by atoms with Crippen LogP contribution in [0, 0.1) is 13.8 Å². The van der Waals surface area contributed by atoms with Crippen molar-refractivity contribution in [1.82, 2.24) is 0 Å². The van der Waals surface area contributed by atoms with Gasteiger partial charge in [0, 0.05) is 0 Å². The molecule has 150 valence electrons. The van der Waals surface area contributed by atoms with Crippen LogP contribution in [-0.2, 0) is 10.0 Å². The number of carbonyl (C=O) groups is 1. The van der Waals surface area contributed by atoms with Crippen molar-refractivity contribution in [3.8, 4) is 5.75 Å². The number of rotatable bonds is 6. The standard InChI is InChI=1S/C22H22N2O4S/c1-15-12-13-16(2)21(14-15)29(26,27)24-18-9-5-4-8-17(18)22(25)23-19-10-6-7-11-20(19)28-3/h4-14,24H,1-3H3,(H,23,25). The van der Waals surface area contributed by atoms with Gasteiger partial charge < -0.3 is 10.1 Å². The van der Waals surface area contributed by atoms with E-state index in [9.17, 15) is 13.2 Å². The van der Waals surface area contributed by atoms with Gasteiger partial charge in [0.05, 0.1) is 28.9 Å². The summed E-state index contributed by atoms with van der Waals surface area (Å²) in [5.74, 6) is 0.0584. The molecule has 0 aliphatic rings. The number of hydrogen-bond donors (Lipinski definition) is 2. The molecule has 0 saturated carbocycles. The number of para-hydroxylation sites is 3. The highest BCUT2D eigenvalue weighted by molar-refractivity contribution is 7.92. The molecule has 1 amide bonds. The van der Waals surface area contributed by atoms with E-state index in [0.717, 1.165) is 5.56 Å². The highest BCUT2D eigenvalue weighted by Crippen LogP contribution is 2.26. The third-order valence-corrected chi connectivity index (χ3v) is 5.91. The molecule has 0 bridgehead atoms. The van der Waals surface area contributed by atoms with Crippen molar-refractivity contribution in [2.45, 2.75) is 18.7 Å². The highest BCUT2D eigenvalue weighted by atomic mass is 32.2. The molecule has 0 atom stereocenters. The van der Waals surface area contributed by atoms with Crippen LogP contribution in [-0.4, -0.2) is 21.4 Å². The van der Waals surface area contributed by atoms with Crippen molar-refractivity contribution >= 4 is 27.3 Å². The summed E-state index contributed by atoms with van der Waals surface area (Å²) in [4.78, 5) is 13.0. The van der Waals surface area contributed by atoms with E-state index in [4.69, 9.17) is 4.74 Å². The van der Waals surface area contributed by atoms with Crippen molar-refractivity contribution in [3.05, 3.63) is 83.4 Å². The van der Waals surface area contributed by atoms with E-state index in [1.54, 1.807) is 67.6 Å². The second-order valence-corrected chi connectivity index (χ2v) is 8.23. The highest BCUT2D eigenvalue weighted by Gasteiger charge is 2.21. The first-order valence-electron chi connectivity index (χ1n) is 8.95. The van der Waals surface area contributed by atoms with E-state index >= 15 is 0 Å². The van der Waals surface area contributed by atoms with Crippen LogP contribution in [0.5, 0.6) is 5.75 Å². The predicted octanol–water partition coefficient (Wildman–Crippen LogP) is 4.37. The number of anilines is 2. The van der Waals surface area contributed by atoms with Crippen LogP contribution in [0.3, 0.4) is 0 Å². The largest absolute Gasteiger partial charge is 0.495 e. The van der Waals surface area contributed by atoms with Crippen LogP contribution in [0.1, 0.15) is 21.5 Å². The van der Waals surface area contributed by atoms with Crippen molar-refractivity contribution < 1.29 is 17.9 Å². The van der Waals surface area contributed by atoms with E-state index in [1.807, 2.05) is 13.0 Å². The van der Waals surface area contributed by atoms with Crippen LogP contribution in [0.25, 0.3) is 0 Å². The second-order valence-electron chi connectivity index (χ2n) is 6.57. The fourth-order valence-electron chi connectivity index (χ4n) is 2.90. The molecule has 6 nitrogen and oxygen atoms in total. The van der Waals surface area contributed by atoms with E-state index in [-0.39, 0.29) is 16.1 Å². The fraction of sp³-hybridized carbons (Fsp3) is 0.136. The van der Waals surface area contributed by atoms with Gasteiger partial charge in [-0.15, -0.1) is 0 Å². The molecular weight excluding hydrogens is 388 g/mol. The summed E-state index contributed by atoms with van der Waals surface area (Å²) >= 11 is 0. The Kier molecular flexibility index (Phi) is 5.89. The topological polar surface area (TPSA) is 84.5 Å². The third kappa shape index (κ3) is 4.57. The second kappa shape index (κ2) is 8.36. The molecule has 0 saturated heterocycles. The van der Waals surface area contributed by atoms with Gasteiger partial charge in [-0.2, -0.15) is 0 Å². The monoisotopic (exact) mass is 410 g/mol. The quantitative estimate of drug-likeness (QED) is 0.632. The maximum Gasteiger partial charge on any atom is 0.262 e. The lowest BCUT2D eigenvalue weighted by Crippen LogP contribution is -2.19. The lowest BCUT2D eigenvalue weighted by molar-refractivity contribution is 0.102. The molecule has 29 heavy (non-hydrogen) atoms. The normalized spacial score (nSPS) is 11.0. The smallest absolute Gasteiger partial charge is 0.262 e. The van der Waals surface area contributed by atoms with Crippen LogP contribution in [0.15, 0.2) is 71.6 Å². The number of benzene rings is 3. The lowest BCUT2D eigenvalue weighted by Gasteiger charge is -2.15. The van der Waals surface area contributed by atoms with Gasteiger partial charge in [0.2, 0.25) is 0 Å². The van der Waals surface area contributed by atoms with E-state index in [0.29, 0.717) is 17.0 Å². The third-order valence-electron chi connectivity index (χ3n) is 4.40. The molecule has 0 unspecified atom stereocenters. The number of carbonyl (C=O) groups excluding carboxylic acids is 1. The average Bonchev–Trinajstić information content (AvgIpc) is 2.70. The number of nitrogens with one attached hydrogen (secondary N) is 2. The number of amides is 1. The Balaban J connectivity index is 1.93. The molecule has 3 aromatic carbocycles. The van der Waals surface area contributed by atoms with Crippen molar-refractivity contribution in [2.75, 3.05) is 17.1 Å². The van der Waals surface area contributed by atoms with Gasteiger partial charge in [0.1, 0.15) is 5.75 Å². The van der Waals surface area contributed by atoms with E-state index in [2.05, 4.69) is 10.0 Å². The minimum absolute atomic E-state index is 0.178. The minimum Gasteiger partial charge on any atom is -0.495 e. The SMILES string of the molecule is COc1ccccc1NC(=O)c1ccccc1NS(=O)(=O)c1cc(C)ccc1C. The molecule has 0 radical (unpaired) electrons. The zero-order valence-electron chi connectivity index (χ0n) is 16.4. The van der Waals surface area contributed by atoms with Gasteiger partial charge in [-0.25, -0.2) is 8.42 Å². The molecule has 0 heterocycles. The number of hydrogen-bond acceptors (Lipinski definition) is 4. The lowest BCUT2D eigenvalue weighted by atomic mass is 10.1. The first-order valence-corrected chi connectivity index (χ1v) is 10.4. The molecular formula is C22H22N2O4S. The van der Waals surface area contributed by atoms with Gasteiger partial charge in [0.15, 0.2) is 0 Å². The van der Waals surface area contributed by atoms with Gasteiger partial charge in [-0.1, -0.05) is 36.4 Å². The van der Waals surface area contributed by atoms with Gasteiger partial charge in [-0.3, -0.25) is 9.52 Å². The summed E-state index contributed by atoms with van der Waals surface area (Å²) in [6, 6.07) is 18.7. The molecule has 0 spiro atoms. The molecule has 7 heteroatoms. The Morgan fingerprint density at radius 2 is 1.55 bits per heavy atom. The Morgan fingerprint density at radius 3 is 2.28 bits per heavy atom. The molecule has 0 fully saturated rings. The van der Waals surface area contributed by atoms with Crippen molar-refractivity contribution in [1.29, 1.82) is 0 Å². The van der Waals surface area contributed by atoms with Crippen LogP contribution >= 0.6 is 0 Å². The summed E-state index contributed by atoms with van der Waals surface area (Å²) in [5.41, 5.74) is 2.34. The fourth-order valence-corrected chi connectivity index (χ4v) is 4.31. The zero-order chi connectivity index (χ0) is 21.0. The number of methoxy groups -OCH3 is 1. The maximum atomic E-state index is 12.9. The van der Waals surface area contributed by atoms with Gasteiger partial charge in [0.25, 0.3) is 15.9 Å². The molecule has 3 aromatic rings. The molecule has 0 aliphatic carbocycles. The van der Waals surface area contributed by atoms with Crippen LogP contribution in [0.4, 0.5) is 11.4 Å². The Morgan fingerprint density at radius 1 is 0.897 bits per heavy atom. The molecule has 0 aromatic heterocycles. The van der Waals surface area contributed by atoms with E-state index in [1.165, 1.54) is 7.11 Å². The van der Waals surface area contributed by atoms with Gasteiger partial charge in [-0.05, 0) is 55.3 Å². The van der Waals surface area contributed by atoms with Crippen LogP contribution < -0.4 is 14.8 Å². The molecule has 0 aliphatic heterocycles.